The van der Waals surface area contributed by atoms with E-state index in [4.69, 9.17) is 23.2 Å². The number of hydrogen-bond donors (Lipinski definition) is 1. The topological polar surface area (TPSA) is 42.0 Å². The molecule has 1 amide bonds. The zero-order chi connectivity index (χ0) is 10.2. The van der Waals surface area contributed by atoms with E-state index in [1.807, 2.05) is 0 Å². The van der Waals surface area contributed by atoms with Gasteiger partial charge in [0, 0.05) is 18.8 Å². The lowest BCUT2D eigenvalue weighted by Crippen LogP contribution is -2.34. The van der Waals surface area contributed by atoms with E-state index < -0.39 is 5.00 Å². The largest absolute Gasteiger partial charge is 0.332 e. The van der Waals surface area contributed by atoms with Gasteiger partial charge in [0.25, 0.3) is 5.91 Å². The van der Waals surface area contributed by atoms with E-state index in [1.165, 1.54) is 6.20 Å². The average Bonchev–Trinajstić information content (AvgIpc) is 2.75. The fraction of sp³-hybridized carbons (Fsp3) is 0.333. The average molecular weight is 231 g/mol. The summed E-state index contributed by atoms with van der Waals surface area (Å²) in [5, 5.41) is 2.47. The SMILES string of the molecule is O=C(NC1(Cl)CC1Cl)c1cccnc1. The number of aromatic nitrogens is 1. The molecule has 0 saturated heterocycles. The molecule has 2 rings (SSSR count). The van der Waals surface area contributed by atoms with Gasteiger partial charge in [-0.05, 0) is 12.1 Å². The number of rotatable bonds is 2. The standard InChI is InChI=1S/C9H8Cl2N2O/c10-7-4-9(7,11)13-8(14)6-2-1-3-12-5-6/h1-3,5,7H,4H2,(H,13,14). The summed E-state index contributed by atoms with van der Waals surface area (Å²) >= 11 is 11.7. The molecule has 14 heavy (non-hydrogen) atoms. The van der Waals surface area contributed by atoms with Gasteiger partial charge in [-0.25, -0.2) is 0 Å². The summed E-state index contributed by atoms with van der Waals surface area (Å²) in [5.74, 6) is -0.240. The first kappa shape index (κ1) is 9.74. The van der Waals surface area contributed by atoms with Crippen LogP contribution < -0.4 is 5.32 Å². The van der Waals surface area contributed by atoms with E-state index in [-0.39, 0.29) is 11.3 Å². The van der Waals surface area contributed by atoms with Gasteiger partial charge in [0.2, 0.25) is 0 Å². The Morgan fingerprint density at radius 1 is 1.71 bits per heavy atom. The highest BCUT2D eigenvalue weighted by atomic mass is 35.5. The number of halogens is 2. The molecule has 2 atom stereocenters. The molecular weight excluding hydrogens is 223 g/mol. The number of alkyl halides is 2. The predicted octanol–water partition coefficient (Wildman–Crippen LogP) is 1.76. The highest BCUT2D eigenvalue weighted by Gasteiger charge is 2.53. The van der Waals surface area contributed by atoms with Crippen molar-refractivity contribution in [3.8, 4) is 0 Å². The third kappa shape index (κ3) is 1.83. The Kier molecular flexibility index (Phi) is 2.37. The van der Waals surface area contributed by atoms with Crippen LogP contribution in [0.1, 0.15) is 16.8 Å². The second-order valence-electron chi connectivity index (χ2n) is 3.23. The lowest BCUT2D eigenvalue weighted by molar-refractivity contribution is 0.0945. The predicted molar refractivity (Wildman–Crippen MR) is 54.5 cm³/mol. The van der Waals surface area contributed by atoms with Crippen molar-refractivity contribution in [1.29, 1.82) is 0 Å². The van der Waals surface area contributed by atoms with Crippen molar-refractivity contribution in [2.75, 3.05) is 0 Å². The number of nitrogens with zero attached hydrogens (tertiary/aromatic N) is 1. The molecule has 1 saturated carbocycles. The maximum absolute atomic E-state index is 11.6. The van der Waals surface area contributed by atoms with E-state index in [0.29, 0.717) is 12.0 Å². The van der Waals surface area contributed by atoms with Crippen molar-refractivity contribution < 1.29 is 4.79 Å². The molecule has 2 unspecified atom stereocenters. The first-order valence-corrected chi connectivity index (χ1v) is 4.99. The Bertz CT molecular complexity index is 357. The van der Waals surface area contributed by atoms with Crippen LogP contribution in [0.25, 0.3) is 0 Å². The van der Waals surface area contributed by atoms with Gasteiger partial charge in [-0.2, -0.15) is 0 Å². The summed E-state index contributed by atoms with van der Waals surface area (Å²) in [6.45, 7) is 0. The number of carbonyl (C=O) groups is 1. The van der Waals surface area contributed by atoms with Crippen LogP contribution in [0.2, 0.25) is 0 Å². The van der Waals surface area contributed by atoms with Gasteiger partial charge in [-0.3, -0.25) is 9.78 Å². The van der Waals surface area contributed by atoms with Crippen LogP contribution in [-0.4, -0.2) is 21.3 Å². The number of hydrogen-bond acceptors (Lipinski definition) is 2. The van der Waals surface area contributed by atoms with Crippen LogP contribution in [0.3, 0.4) is 0 Å². The second kappa shape index (κ2) is 3.41. The molecule has 1 aromatic heterocycles. The summed E-state index contributed by atoms with van der Waals surface area (Å²) < 4.78 is 0. The lowest BCUT2D eigenvalue weighted by atomic mass is 10.3. The quantitative estimate of drug-likeness (QED) is 0.622. The molecule has 1 aliphatic rings. The maximum atomic E-state index is 11.6. The smallest absolute Gasteiger partial charge is 0.254 e. The van der Waals surface area contributed by atoms with E-state index in [0.717, 1.165) is 0 Å². The Balaban J connectivity index is 2.04. The third-order valence-electron chi connectivity index (χ3n) is 2.06. The van der Waals surface area contributed by atoms with Crippen molar-refractivity contribution >= 4 is 29.1 Å². The molecule has 1 N–H and O–H groups in total. The Hall–Kier alpha value is -0.800. The van der Waals surface area contributed by atoms with Crippen molar-refractivity contribution in [3.05, 3.63) is 30.1 Å². The zero-order valence-electron chi connectivity index (χ0n) is 7.21. The lowest BCUT2D eigenvalue weighted by Gasteiger charge is -2.09. The van der Waals surface area contributed by atoms with Gasteiger partial charge in [0.1, 0.15) is 5.00 Å². The normalized spacial score (nSPS) is 29.7. The molecule has 0 bridgehead atoms. The Labute approximate surface area is 91.4 Å². The van der Waals surface area contributed by atoms with Crippen LogP contribution >= 0.6 is 23.2 Å². The first-order valence-electron chi connectivity index (χ1n) is 4.17. The van der Waals surface area contributed by atoms with Crippen LogP contribution in [0.15, 0.2) is 24.5 Å². The van der Waals surface area contributed by atoms with Crippen molar-refractivity contribution in [1.82, 2.24) is 10.3 Å². The molecule has 1 aromatic rings. The number of amides is 1. The van der Waals surface area contributed by atoms with Gasteiger partial charge in [-0.1, -0.05) is 11.6 Å². The summed E-state index contributed by atoms with van der Waals surface area (Å²) in [6, 6.07) is 3.37. The van der Waals surface area contributed by atoms with Gasteiger partial charge in [-0.15, -0.1) is 11.6 Å². The molecule has 3 nitrogen and oxygen atoms in total. The third-order valence-corrected chi connectivity index (χ3v) is 3.21. The Morgan fingerprint density at radius 2 is 2.43 bits per heavy atom. The minimum atomic E-state index is -0.755. The van der Waals surface area contributed by atoms with Crippen molar-refractivity contribution in [2.45, 2.75) is 16.8 Å². The maximum Gasteiger partial charge on any atom is 0.254 e. The summed E-state index contributed by atoms with van der Waals surface area (Å²) in [4.78, 5) is 14.6. The van der Waals surface area contributed by atoms with E-state index >= 15 is 0 Å². The zero-order valence-corrected chi connectivity index (χ0v) is 8.72. The van der Waals surface area contributed by atoms with Crippen LogP contribution in [0.5, 0.6) is 0 Å². The summed E-state index contributed by atoms with van der Waals surface area (Å²) in [7, 11) is 0. The Morgan fingerprint density at radius 3 is 2.93 bits per heavy atom. The minimum absolute atomic E-state index is 0.176. The van der Waals surface area contributed by atoms with Crippen LogP contribution in [0, 0.1) is 0 Å². The summed E-state index contributed by atoms with van der Waals surface area (Å²) in [5.41, 5.74) is 0.489. The first-order chi connectivity index (χ1) is 6.62. The molecule has 1 aliphatic carbocycles. The molecular formula is C9H8Cl2N2O. The second-order valence-corrected chi connectivity index (χ2v) is 4.43. The van der Waals surface area contributed by atoms with Gasteiger partial charge >= 0.3 is 0 Å². The van der Waals surface area contributed by atoms with E-state index in [2.05, 4.69) is 10.3 Å². The molecule has 0 spiro atoms. The summed E-state index contributed by atoms with van der Waals surface area (Å²) in [6.07, 6.45) is 3.69. The van der Waals surface area contributed by atoms with E-state index in [9.17, 15) is 4.79 Å². The number of nitrogens with one attached hydrogen (secondary N) is 1. The van der Waals surface area contributed by atoms with Gasteiger partial charge in [0.05, 0.1) is 10.9 Å². The minimum Gasteiger partial charge on any atom is -0.332 e. The highest BCUT2D eigenvalue weighted by molar-refractivity contribution is 6.37. The van der Waals surface area contributed by atoms with Crippen LogP contribution in [0.4, 0.5) is 0 Å². The van der Waals surface area contributed by atoms with Crippen molar-refractivity contribution in [2.24, 2.45) is 0 Å². The van der Waals surface area contributed by atoms with Crippen LogP contribution in [-0.2, 0) is 0 Å². The molecule has 0 aromatic carbocycles. The monoisotopic (exact) mass is 230 g/mol. The van der Waals surface area contributed by atoms with Gasteiger partial charge < -0.3 is 5.32 Å². The molecule has 0 aliphatic heterocycles. The molecule has 1 fully saturated rings. The molecule has 5 heteroatoms. The number of carbonyl (C=O) groups excluding carboxylic acids is 1. The molecule has 1 heterocycles. The number of pyridine rings is 1. The molecule has 0 radical (unpaired) electrons. The van der Waals surface area contributed by atoms with E-state index in [1.54, 1.807) is 18.3 Å². The fourth-order valence-electron chi connectivity index (χ4n) is 1.09. The molecule has 74 valence electrons. The highest BCUT2D eigenvalue weighted by Crippen LogP contribution is 2.44. The fourth-order valence-corrected chi connectivity index (χ4v) is 1.71. The van der Waals surface area contributed by atoms with Crippen molar-refractivity contribution in [3.63, 3.8) is 0 Å². The van der Waals surface area contributed by atoms with Gasteiger partial charge in [0.15, 0.2) is 0 Å².